The molecule has 0 unspecified atom stereocenters. The Balaban J connectivity index is 2.13. The molecule has 20 heavy (non-hydrogen) atoms. The van der Waals surface area contributed by atoms with Crippen LogP contribution in [-0.4, -0.2) is 7.11 Å². The predicted octanol–water partition coefficient (Wildman–Crippen LogP) is 5.69. The molecule has 2 rings (SSSR count). The zero-order chi connectivity index (χ0) is 14.7. The third-order valence-electron chi connectivity index (χ3n) is 2.98. The van der Waals surface area contributed by atoms with Crippen molar-refractivity contribution in [2.45, 2.75) is 13.5 Å². The third kappa shape index (κ3) is 3.40. The maximum atomic E-state index is 6.20. The Morgan fingerprint density at radius 1 is 1.15 bits per heavy atom. The summed E-state index contributed by atoms with van der Waals surface area (Å²) in [6.07, 6.45) is 0. The summed E-state index contributed by atoms with van der Waals surface area (Å²) < 4.78 is 6.03. The van der Waals surface area contributed by atoms with Gasteiger partial charge in [-0.05, 0) is 52.2 Å². The first-order valence-corrected chi connectivity index (χ1v) is 7.58. The number of anilines is 1. The molecule has 0 aliphatic rings. The molecule has 0 atom stereocenters. The number of methoxy groups -OCH3 is 1. The number of aryl methyl sites for hydroxylation is 1. The van der Waals surface area contributed by atoms with E-state index in [1.807, 2.05) is 31.2 Å². The molecule has 106 valence electrons. The van der Waals surface area contributed by atoms with Crippen LogP contribution in [0.2, 0.25) is 10.0 Å². The number of benzene rings is 2. The van der Waals surface area contributed by atoms with Gasteiger partial charge < -0.3 is 10.1 Å². The number of rotatable bonds is 4. The first-order chi connectivity index (χ1) is 9.52. The first kappa shape index (κ1) is 15.5. The smallest absolute Gasteiger partial charge is 0.121 e. The first-order valence-electron chi connectivity index (χ1n) is 6.04. The summed E-state index contributed by atoms with van der Waals surface area (Å²) >= 11 is 15.6. The Morgan fingerprint density at radius 3 is 2.55 bits per heavy atom. The molecule has 1 N–H and O–H groups in total. The van der Waals surface area contributed by atoms with E-state index < -0.39 is 0 Å². The van der Waals surface area contributed by atoms with Crippen molar-refractivity contribution in [1.29, 1.82) is 0 Å². The van der Waals surface area contributed by atoms with Crippen LogP contribution in [0.3, 0.4) is 0 Å². The fourth-order valence-corrected chi connectivity index (χ4v) is 2.75. The van der Waals surface area contributed by atoms with Gasteiger partial charge in [-0.3, -0.25) is 0 Å². The highest BCUT2D eigenvalue weighted by Gasteiger charge is 2.08. The minimum Gasteiger partial charge on any atom is -0.496 e. The van der Waals surface area contributed by atoms with Crippen LogP contribution in [0.4, 0.5) is 5.69 Å². The van der Waals surface area contributed by atoms with Crippen molar-refractivity contribution in [2.75, 3.05) is 12.4 Å². The van der Waals surface area contributed by atoms with Gasteiger partial charge in [0.15, 0.2) is 0 Å². The second-order valence-electron chi connectivity index (χ2n) is 4.38. The number of hydrogen-bond acceptors (Lipinski definition) is 2. The summed E-state index contributed by atoms with van der Waals surface area (Å²) in [6.45, 7) is 2.69. The normalized spacial score (nSPS) is 10.4. The average molecular weight is 375 g/mol. The quantitative estimate of drug-likeness (QED) is 0.694. The lowest BCUT2D eigenvalue weighted by Crippen LogP contribution is -2.01. The highest BCUT2D eigenvalue weighted by atomic mass is 79.9. The highest BCUT2D eigenvalue weighted by molar-refractivity contribution is 9.10. The standard InChI is InChI=1S/C15H14BrCl2NO/c1-9-7-10(3-6-13(9)20-2)8-19-12-5-4-11(16)14(17)15(12)18/h3-7,19H,8H2,1-2H3. The number of hydrogen-bond donors (Lipinski definition) is 1. The molecule has 0 aliphatic carbocycles. The predicted molar refractivity (Wildman–Crippen MR) is 89.2 cm³/mol. The zero-order valence-electron chi connectivity index (χ0n) is 11.1. The lowest BCUT2D eigenvalue weighted by molar-refractivity contribution is 0.411. The molecular weight excluding hydrogens is 361 g/mol. The SMILES string of the molecule is COc1ccc(CNc2ccc(Br)c(Cl)c2Cl)cc1C. The summed E-state index contributed by atoms with van der Waals surface area (Å²) in [5.41, 5.74) is 3.07. The van der Waals surface area contributed by atoms with Crippen molar-refractivity contribution >= 4 is 44.8 Å². The monoisotopic (exact) mass is 373 g/mol. The Morgan fingerprint density at radius 2 is 1.90 bits per heavy atom. The van der Waals surface area contributed by atoms with Gasteiger partial charge in [0.05, 0.1) is 22.8 Å². The van der Waals surface area contributed by atoms with Crippen LogP contribution in [0.5, 0.6) is 5.75 Å². The van der Waals surface area contributed by atoms with Gasteiger partial charge in [0, 0.05) is 11.0 Å². The van der Waals surface area contributed by atoms with Crippen molar-refractivity contribution in [3.63, 3.8) is 0 Å². The molecule has 0 aliphatic heterocycles. The number of ether oxygens (including phenoxy) is 1. The molecule has 5 heteroatoms. The topological polar surface area (TPSA) is 21.3 Å². The lowest BCUT2D eigenvalue weighted by atomic mass is 10.1. The van der Waals surface area contributed by atoms with Crippen LogP contribution in [0.25, 0.3) is 0 Å². The molecule has 0 spiro atoms. The molecule has 0 radical (unpaired) electrons. The summed E-state index contributed by atoms with van der Waals surface area (Å²) in [5, 5.41) is 4.32. The molecular formula is C15H14BrCl2NO. The Labute approximate surface area is 137 Å². The maximum Gasteiger partial charge on any atom is 0.121 e. The van der Waals surface area contributed by atoms with Gasteiger partial charge in [-0.15, -0.1) is 0 Å². The lowest BCUT2D eigenvalue weighted by Gasteiger charge is -2.12. The minimum atomic E-state index is 0.516. The van der Waals surface area contributed by atoms with Crippen LogP contribution < -0.4 is 10.1 Å². The van der Waals surface area contributed by atoms with Gasteiger partial charge in [-0.2, -0.15) is 0 Å². The highest BCUT2D eigenvalue weighted by Crippen LogP contribution is 2.36. The second kappa shape index (κ2) is 6.70. The molecule has 0 saturated heterocycles. The van der Waals surface area contributed by atoms with Crippen LogP contribution in [0, 0.1) is 6.92 Å². The Hall–Kier alpha value is -0.900. The fraction of sp³-hybridized carbons (Fsp3) is 0.200. The van der Waals surface area contributed by atoms with E-state index in [1.165, 1.54) is 0 Å². The number of nitrogens with one attached hydrogen (secondary N) is 1. The minimum absolute atomic E-state index is 0.516. The molecule has 0 aromatic heterocycles. The molecule has 2 aromatic carbocycles. The van der Waals surface area contributed by atoms with Gasteiger partial charge in [0.25, 0.3) is 0 Å². The van der Waals surface area contributed by atoms with Crippen LogP contribution in [-0.2, 0) is 6.54 Å². The maximum absolute atomic E-state index is 6.20. The van der Waals surface area contributed by atoms with Crippen molar-refractivity contribution in [2.24, 2.45) is 0 Å². The molecule has 0 heterocycles. The molecule has 0 saturated carbocycles. The van der Waals surface area contributed by atoms with Crippen LogP contribution in [0.15, 0.2) is 34.8 Å². The number of halogens is 3. The van der Waals surface area contributed by atoms with Crippen LogP contribution in [0.1, 0.15) is 11.1 Å². The summed E-state index contributed by atoms with van der Waals surface area (Å²) in [7, 11) is 1.67. The van der Waals surface area contributed by atoms with Crippen molar-refractivity contribution in [1.82, 2.24) is 0 Å². The molecule has 2 nitrogen and oxygen atoms in total. The van der Waals surface area contributed by atoms with E-state index in [2.05, 4.69) is 27.3 Å². The third-order valence-corrected chi connectivity index (χ3v) is 4.75. The van der Waals surface area contributed by atoms with Gasteiger partial charge in [-0.25, -0.2) is 0 Å². The van der Waals surface area contributed by atoms with E-state index in [9.17, 15) is 0 Å². The van der Waals surface area contributed by atoms with E-state index >= 15 is 0 Å². The van der Waals surface area contributed by atoms with Gasteiger partial charge >= 0.3 is 0 Å². The van der Waals surface area contributed by atoms with Gasteiger partial charge in [0.2, 0.25) is 0 Å². The largest absolute Gasteiger partial charge is 0.496 e. The Bertz CT molecular complexity index is 632. The molecule has 2 aromatic rings. The van der Waals surface area contributed by atoms with Gasteiger partial charge in [0.1, 0.15) is 5.75 Å². The van der Waals surface area contributed by atoms with E-state index in [0.29, 0.717) is 16.6 Å². The average Bonchev–Trinajstić information content (AvgIpc) is 2.44. The fourth-order valence-electron chi connectivity index (χ4n) is 1.91. The van der Waals surface area contributed by atoms with E-state index in [0.717, 1.165) is 27.0 Å². The summed E-state index contributed by atoms with van der Waals surface area (Å²) in [5.74, 6) is 0.887. The van der Waals surface area contributed by atoms with Crippen molar-refractivity contribution in [3.8, 4) is 5.75 Å². The van der Waals surface area contributed by atoms with E-state index in [1.54, 1.807) is 7.11 Å². The van der Waals surface area contributed by atoms with Gasteiger partial charge in [-0.1, -0.05) is 35.3 Å². The van der Waals surface area contributed by atoms with Crippen molar-refractivity contribution < 1.29 is 4.74 Å². The summed E-state index contributed by atoms with van der Waals surface area (Å²) in [4.78, 5) is 0. The second-order valence-corrected chi connectivity index (χ2v) is 5.99. The molecule has 0 amide bonds. The van der Waals surface area contributed by atoms with Crippen molar-refractivity contribution in [3.05, 3.63) is 56.0 Å². The van der Waals surface area contributed by atoms with E-state index in [4.69, 9.17) is 27.9 Å². The molecule has 0 fully saturated rings. The Kier molecular flexibility index (Phi) is 5.19. The summed E-state index contributed by atoms with van der Waals surface area (Å²) in [6, 6.07) is 9.83. The van der Waals surface area contributed by atoms with Crippen LogP contribution >= 0.6 is 39.1 Å². The van der Waals surface area contributed by atoms with E-state index in [-0.39, 0.29) is 0 Å². The zero-order valence-corrected chi connectivity index (χ0v) is 14.2. The molecule has 0 bridgehead atoms.